The van der Waals surface area contributed by atoms with Gasteiger partial charge in [-0.15, -0.1) is 0 Å². The molecule has 0 saturated carbocycles. The molecule has 0 bridgehead atoms. The predicted octanol–water partition coefficient (Wildman–Crippen LogP) is 6.25. The molecule has 0 aliphatic carbocycles. The fraction of sp³-hybridized carbons (Fsp3) is 0.444. The molecule has 1 unspecified atom stereocenters. The Morgan fingerprint density at radius 1 is 0.906 bits per heavy atom. The van der Waals surface area contributed by atoms with Crippen LogP contribution in [-0.2, 0) is 15.6 Å². The number of phenols is 1. The summed E-state index contributed by atoms with van der Waals surface area (Å²) in [7, 11) is 3.21. The van der Waals surface area contributed by atoms with Gasteiger partial charge in [0.1, 0.15) is 23.0 Å². The Morgan fingerprint density at radius 3 is 1.81 bits per heavy atom. The number of carbonyl (C=O) groups excluding carboxylic acids is 1. The van der Waals surface area contributed by atoms with Crippen molar-refractivity contribution in [1.82, 2.24) is 0 Å². The van der Waals surface area contributed by atoms with E-state index in [2.05, 4.69) is 6.58 Å². The Labute approximate surface area is 192 Å². The summed E-state index contributed by atoms with van der Waals surface area (Å²) in [5, 5.41) is 11.2. The number of ether oxygens (including phenoxy) is 3. The van der Waals surface area contributed by atoms with Gasteiger partial charge in [-0.2, -0.15) is 0 Å². The summed E-state index contributed by atoms with van der Waals surface area (Å²) in [6, 6.07) is 7.41. The van der Waals surface area contributed by atoms with E-state index in [0.717, 1.165) is 22.8 Å². The van der Waals surface area contributed by atoms with Crippen molar-refractivity contribution >= 4 is 5.97 Å². The van der Waals surface area contributed by atoms with Crippen LogP contribution in [0, 0.1) is 0 Å². The van der Waals surface area contributed by atoms with Gasteiger partial charge in [0.2, 0.25) is 0 Å². The quantitative estimate of drug-likeness (QED) is 0.327. The Balaban J connectivity index is 2.87. The van der Waals surface area contributed by atoms with E-state index in [1.54, 1.807) is 14.2 Å². The zero-order chi connectivity index (χ0) is 24.4. The molecule has 0 radical (unpaired) electrons. The SMILES string of the molecule is C=CC(=O)Oc1c(C(C)c2cc(OC)cc(C(C)(C)C)c2O)cc(OC)cc1C(C)(C)C. The first kappa shape index (κ1) is 25.3. The number of methoxy groups -OCH3 is 2. The van der Waals surface area contributed by atoms with Crippen LogP contribution in [0.5, 0.6) is 23.0 Å². The van der Waals surface area contributed by atoms with Gasteiger partial charge in [0.05, 0.1) is 14.2 Å². The number of esters is 1. The maximum Gasteiger partial charge on any atom is 0.335 e. The van der Waals surface area contributed by atoms with Gasteiger partial charge in [-0.25, -0.2) is 4.79 Å². The monoisotopic (exact) mass is 440 g/mol. The molecule has 0 aliphatic heterocycles. The molecule has 1 atom stereocenters. The Bertz CT molecular complexity index is 1010. The summed E-state index contributed by atoms with van der Waals surface area (Å²) in [6.07, 6.45) is 1.14. The second-order valence-electron chi connectivity index (χ2n) is 10.1. The zero-order valence-electron chi connectivity index (χ0n) is 20.8. The van der Waals surface area contributed by atoms with E-state index in [1.165, 1.54) is 0 Å². The van der Waals surface area contributed by atoms with Crippen molar-refractivity contribution in [3.63, 3.8) is 0 Å². The summed E-state index contributed by atoms with van der Waals surface area (Å²) in [4.78, 5) is 12.2. The van der Waals surface area contributed by atoms with Crippen LogP contribution in [0.25, 0.3) is 0 Å². The maximum atomic E-state index is 12.2. The average molecular weight is 441 g/mol. The summed E-state index contributed by atoms with van der Waals surface area (Å²) >= 11 is 0. The standard InChI is InChI=1S/C27H36O5/c1-11-23(28)32-25-20(13-18(31-10)15-22(25)27(6,7)8)16(2)19-12-17(30-9)14-21(24(19)29)26(3,4)5/h11-16,29H,1H2,2-10H3. The van der Waals surface area contributed by atoms with E-state index in [0.29, 0.717) is 22.8 Å². The van der Waals surface area contributed by atoms with E-state index in [-0.39, 0.29) is 22.5 Å². The molecule has 0 aliphatic rings. The van der Waals surface area contributed by atoms with Crippen LogP contribution in [-0.4, -0.2) is 25.3 Å². The molecular weight excluding hydrogens is 404 g/mol. The summed E-state index contributed by atoms with van der Waals surface area (Å²) in [5.41, 5.74) is 2.39. The third-order valence-corrected chi connectivity index (χ3v) is 5.59. The number of carbonyl (C=O) groups is 1. The van der Waals surface area contributed by atoms with E-state index < -0.39 is 5.97 Å². The average Bonchev–Trinajstić information content (AvgIpc) is 2.71. The lowest BCUT2D eigenvalue weighted by molar-refractivity contribution is -0.129. The molecule has 5 heteroatoms. The van der Waals surface area contributed by atoms with Gasteiger partial charge in [-0.05, 0) is 35.1 Å². The minimum atomic E-state index is -0.542. The highest BCUT2D eigenvalue weighted by Gasteiger charge is 2.30. The number of phenolic OH excluding ortho intramolecular Hbond substituents is 1. The Kier molecular flexibility index (Phi) is 7.33. The zero-order valence-corrected chi connectivity index (χ0v) is 20.8. The van der Waals surface area contributed by atoms with E-state index >= 15 is 0 Å². The molecule has 0 aromatic heterocycles. The maximum absolute atomic E-state index is 12.2. The number of rotatable bonds is 6. The summed E-state index contributed by atoms with van der Waals surface area (Å²) < 4.78 is 16.9. The lowest BCUT2D eigenvalue weighted by Crippen LogP contribution is -2.18. The third kappa shape index (κ3) is 5.26. The van der Waals surface area contributed by atoms with Crippen LogP contribution in [0.4, 0.5) is 0 Å². The molecule has 0 spiro atoms. The first-order valence-corrected chi connectivity index (χ1v) is 10.7. The van der Waals surface area contributed by atoms with Crippen LogP contribution < -0.4 is 14.2 Å². The minimum Gasteiger partial charge on any atom is -0.507 e. The molecule has 5 nitrogen and oxygen atoms in total. The summed E-state index contributed by atoms with van der Waals surface area (Å²) in [5.74, 6) is 1.09. The molecule has 0 heterocycles. The third-order valence-electron chi connectivity index (χ3n) is 5.59. The normalized spacial score (nSPS) is 12.8. The smallest absolute Gasteiger partial charge is 0.335 e. The number of hydrogen-bond donors (Lipinski definition) is 1. The van der Waals surface area contributed by atoms with Crippen molar-refractivity contribution in [2.45, 2.75) is 65.2 Å². The highest BCUT2D eigenvalue weighted by molar-refractivity contribution is 5.84. The Hall–Kier alpha value is -2.95. The molecule has 2 aromatic rings. The molecule has 0 fully saturated rings. The van der Waals surface area contributed by atoms with Crippen molar-refractivity contribution in [3.05, 3.63) is 59.2 Å². The van der Waals surface area contributed by atoms with Crippen molar-refractivity contribution in [3.8, 4) is 23.0 Å². The molecular formula is C27H36O5. The fourth-order valence-electron chi connectivity index (χ4n) is 3.69. The van der Waals surface area contributed by atoms with Gasteiger partial charge in [0.25, 0.3) is 0 Å². The van der Waals surface area contributed by atoms with Crippen molar-refractivity contribution in [2.24, 2.45) is 0 Å². The summed E-state index contributed by atoms with van der Waals surface area (Å²) in [6.45, 7) is 17.7. The second kappa shape index (κ2) is 9.27. The molecule has 32 heavy (non-hydrogen) atoms. The van der Waals surface area contributed by atoms with Crippen LogP contribution in [0.3, 0.4) is 0 Å². The first-order chi connectivity index (χ1) is 14.7. The Morgan fingerprint density at radius 2 is 1.38 bits per heavy atom. The van der Waals surface area contributed by atoms with Crippen LogP contribution in [0.1, 0.15) is 76.6 Å². The molecule has 174 valence electrons. The highest BCUT2D eigenvalue weighted by atomic mass is 16.5. The minimum absolute atomic E-state index is 0.201. The van der Waals surface area contributed by atoms with Gasteiger partial charge < -0.3 is 19.3 Å². The van der Waals surface area contributed by atoms with Gasteiger partial charge in [0.15, 0.2) is 0 Å². The molecule has 0 saturated heterocycles. The number of benzene rings is 2. The largest absolute Gasteiger partial charge is 0.507 e. The number of hydrogen-bond acceptors (Lipinski definition) is 5. The topological polar surface area (TPSA) is 65.0 Å². The van der Waals surface area contributed by atoms with Crippen LogP contribution in [0.15, 0.2) is 36.9 Å². The number of aromatic hydroxyl groups is 1. The lowest BCUT2D eigenvalue weighted by atomic mass is 9.79. The second-order valence-corrected chi connectivity index (χ2v) is 10.1. The highest BCUT2D eigenvalue weighted by Crippen LogP contribution is 2.46. The van der Waals surface area contributed by atoms with Crippen molar-refractivity contribution in [1.29, 1.82) is 0 Å². The first-order valence-electron chi connectivity index (χ1n) is 10.7. The van der Waals surface area contributed by atoms with Crippen molar-refractivity contribution < 1.29 is 24.1 Å². The lowest BCUT2D eigenvalue weighted by Gasteiger charge is -2.28. The van der Waals surface area contributed by atoms with E-state index in [1.807, 2.05) is 72.7 Å². The van der Waals surface area contributed by atoms with Crippen LogP contribution >= 0.6 is 0 Å². The van der Waals surface area contributed by atoms with Crippen LogP contribution in [0.2, 0.25) is 0 Å². The molecule has 2 aromatic carbocycles. The molecule has 1 N–H and O–H groups in total. The van der Waals surface area contributed by atoms with Gasteiger partial charge >= 0.3 is 5.97 Å². The van der Waals surface area contributed by atoms with Gasteiger partial charge in [-0.3, -0.25) is 0 Å². The fourth-order valence-corrected chi connectivity index (χ4v) is 3.69. The predicted molar refractivity (Wildman–Crippen MR) is 128 cm³/mol. The van der Waals surface area contributed by atoms with Crippen molar-refractivity contribution in [2.75, 3.05) is 14.2 Å². The van der Waals surface area contributed by atoms with E-state index in [9.17, 15) is 9.90 Å². The molecule has 0 amide bonds. The van der Waals surface area contributed by atoms with Gasteiger partial charge in [-0.1, -0.05) is 55.0 Å². The molecule has 2 rings (SSSR count). The van der Waals surface area contributed by atoms with E-state index in [4.69, 9.17) is 14.2 Å². The van der Waals surface area contributed by atoms with Gasteiger partial charge in [0, 0.05) is 34.2 Å².